The molecule has 0 amide bonds. The van der Waals surface area contributed by atoms with Crippen LogP contribution in [0.4, 0.5) is 0 Å². The molecule has 0 saturated heterocycles. The van der Waals surface area contributed by atoms with Crippen molar-refractivity contribution in [3.8, 4) is 17.5 Å². The van der Waals surface area contributed by atoms with Crippen molar-refractivity contribution in [1.82, 2.24) is 19.5 Å². The van der Waals surface area contributed by atoms with Gasteiger partial charge in [0.2, 0.25) is 0 Å². The first-order chi connectivity index (χ1) is 16.4. The van der Waals surface area contributed by atoms with Gasteiger partial charge in [0.15, 0.2) is 0 Å². The number of rotatable bonds is 7. The molecule has 7 heteroatoms. The predicted octanol–water partition coefficient (Wildman–Crippen LogP) is 5.37. The molecule has 3 aromatic heterocycles. The number of hydrogen-bond acceptors (Lipinski definition) is 5. The summed E-state index contributed by atoms with van der Waals surface area (Å²) in [6, 6.07) is 19.9. The lowest BCUT2D eigenvalue weighted by Crippen LogP contribution is -2.26. The van der Waals surface area contributed by atoms with E-state index in [0.29, 0.717) is 19.6 Å². The molecule has 4 aromatic rings. The van der Waals surface area contributed by atoms with Gasteiger partial charge < -0.3 is 9.30 Å². The summed E-state index contributed by atoms with van der Waals surface area (Å²) in [5.74, 6) is 0. The third kappa shape index (κ3) is 4.27. The maximum absolute atomic E-state index is 10.2. The van der Waals surface area contributed by atoms with Crippen LogP contribution in [-0.4, -0.2) is 34.2 Å². The SMILES string of the molecule is C[Si](C)(C)CCOCn1ccc2c(-c3cccc(C4(C#N)Cc5ccccc5C4)n3)ncnc21. The molecule has 0 N–H and O–H groups in total. The minimum absolute atomic E-state index is 0.466. The number of hydrogen-bond donors (Lipinski definition) is 0. The second kappa shape index (κ2) is 8.78. The Kier molecular flexibility index (Phi) is 5.80. The number of pyridine rings is 1. The number of nitriles is 1. The molecule has 1 aliphatic carbocycles. The smallest absolute Gasteiger partial charge is 0.145 e. The molecule has 0 atom stereocenters. The van der Waals surface area contributed by atoms with E-state index < -0.39 is 13.5 Å². The monoisotopic (exact) mass is 467 g/mol. The van der Waals surface area contributed by atoms with Gasteiger partial charge in [0.1, 0.15) is 29.8 Å². The number of benzene rings is 1. The first-order valence-electron chi connectivity index (χ1n) is 11.7. The van der Waals surface area contributed by atoms with Gasteiger partial charge in [0.25, 0.3) is 0 Å². The molecule has 0 spiro atoms. The van der Waals surface area contributed by atoms with Crippen molar-refractivity contribution in [3.63, 3.8) is 0 Å². The van der Waals surface area contributed by atoms with E-state index in [-0.39, 0.29) is 0 Å². The highest BCUT2D eigenvalue weighted by Gasteiger charge is 2.40. The number of ether oxygens (including phenoxy) is 1. The van der Waals surface area contributed by atoms with Gasteiger partial charge in [-0.2, -0.15) is 5.26 Å². The Labute approximate surface area is 201 Å². The molecule has 0 unspecified atom stereocenters. The van der Waals surface area contributed by atoms with Crippen LogP contribution < -0.4 is 0 Å². The van der Waals surface area contributed by atoms with Gasteiger partial charge in [-0.3, -0.25) is 0 Å². The number of aromatic nitrogens is 4. The molecule has 34 heavy (non-hydrogen) atoms. The van der Waals surface area contributed by atoms with Crippen LogP contribution in [0.3, 0.4) is 0 Å². The summed E-state index contributed by atoms with van der Waals surface area (Å²) < 4.78 is 7.95. The second-order valence-corrected chi connectivity index (χ2v) is 15.9. The van der Waals surface area contributed by atoms with E-state index in [2.05, 4.69) is 47.8 Å². The molecule has 0 radical (unpaired) electrons. The van der Waals surface area contributed by atoms with Gasteiger partial charge in [-0.05, 0) is 48.2 Å². The highest BCUT2D eigenvalue weighted by Crippen LogP contribution is 2.39. The zero-order valence-electron chi connectivity index (χ0n) is 20.0. The molecule has 0 aliphatic heterocycles. The van der Waals surface area contributed by atoms with Gasteiger partial charge >= 0.3 is 0 Å². The zero-order valence-corrected chi connectivity index (χ0v) is 21.0. The fourth-order valence-electron chi connectivity index (χ4n) is 4.62. The Morgan fingerprint density at radius 1 is 1.03 bits per heavy atom. The Hall–Kier alpha value is -3.34. The maximum Gasteiger partial charge on any atom is 0.145 e. The fraction of sp³-hybridized carbons (Fsp3) is 0.333. The minimum atomic E-state index is -1.12. The van der Waals surface area contributed by atoms with Crippen LogP contribution in [0.25, 0.3) is 22.4 Å². The molecule has 1 aliphatic rings. The molecule has 5 rings (SSSR count). The van der Waals surface area contributed by atoms with Crippen LogP contribution in [0.1, 0.15) is 16.8 Å². The normalized spacial score (nSPS) is 14.8. The van der Waals surface area contributed by atoms with Crippen LogP contribution in [0.2, 0.25) is 25.7 Å². The lowest BCUT2D eigenvalue weighted by molar-refractivity contribution is 0.0899. The van der Waals surface area contributed by atoms with E-state index in [1.165, 1.54) is 11.1 Å². The van der Waals surface area contributed by atoms with E-state index >= 15 is 0 Å². The predicted molar refractivity (Wildman–Crippen MR) is 136 cm³/mol. The van der Waals surface area contributed by atoms with E-state index in [9.17, 15) is 5.26 Å². The molecule has 1 aromatic carbocycles. The summed E-state index contributed by atoms with van der Waals surface area (Å²) >= 11 is 0. The van der Waals surface area contributed by atoms with Gasteiger partial charge in [0.05, 0.1) is 17.5 Å². The molecular weight excluding hydrogens is 438 g/mol. The summed E-state index contributed by atoms with van der Waals surface area (Å²) in [6.45, 7) is 8.28. The molecule has 0 bridgehead atoms. The topological polar surface area (TPSA) is 76.6 Å². The van der Waals surface area contributed by atoms with Crippen LogP contribution in [-0.2, 0) is 29.7 Å². The highest BCUT2D eigenvalue weighted by atomic mass is 28.3. The lowest BCUT2D eigenvalue weighted by Gasteiger charge is -2.20. The first kappa shape index (κ1) is 22.4. The Bertz CT molecular complexity index is 1360. The summed E-state index contributed by atoms with van der Waals surface area (Å²) in [4.78, 5) is 14.0. The van der Waals surface area contributed by atoms with Crippen molar-refractivity contribution in [2.24, 2.45) is 0 Å². The van der Waals surface area contributed by atoms with Crippen LogP contribution >= 0.6 is 0 Å². The van der Waals surface area contributed by atoms with Crippen molar-refractivity contribution < 1.29 is 4.74 Å². The van der Waals surface area contributed by atoms with E-state index in [0.717, 1.165) is 40.8 Å². The van der Waals surface area contributed by atoms with Crippen LogP contribution in [0.5, 0.6) is 0 Å². The molecule has 6 nitrogen and oxygen atoms in total. The molecule has 0 fully saturated rings. The Morgan fingerprint density at radius 3 is 2.50 bits per heavy atom. The van der Waals surface area contributed by atoms with Crippen molar-refractivity contribution in [3.05, 3.63) is 77.9 Å². The molecule has 3 heterocycles. The Morgan fingerprint density at radius 2 is 1.79 bits per heavy atom. The molecular formula is C27H29N5OSi. The van der Waals surface area contributed by atoms with E-state index in [1.807, 2.05) is 47.2 Å². The largest absolute Gasteiger partial charge is 0.361 e. The first-order valence-corrected chi connectivity index (χ1v) is 15.4. The molecule has 0 saturated carbocycles. The third-order valence-corrected chi connectivity index (χ3v) is 8.29. The summed E-state index contributed by atoms with van der Waals surface area (Å²) in [5.41, 5.74) is 4.96. The number of nitrogens with zero attached hydrogens (tertiary/aromatic N) is 5. The minimum Gasteiger partial charge on any atom is -0.361 e. The van der Waals surface area contributed by atoms with Crippen molar-refractivity contribution in [2.75, 3.05) is 6.61 Å². The van der Waals surface area contributed by atoms with Gasteiger partial charge in [-0.25, -0.2) is 15.0 Å². The average Bonchev–Trinajstić information content (AvgIpc) is 3.43. The zero-order chi connectivity index (χ0) is 23.8. The highest BCUT2D eigenvalue weighted by molar-refractivity contribution is 6.76. The Balaban J connectivity index is 1.44. The summed E-state index contributed by atoms with van der Waals surface area (Å²) in [6.07, 6.45) is 4.93. The van der Waals surface area contributed by atoms with Gasteiger partial charge in [-0.15, -0.1) is 0 Å². The van der Waals surface area contributed by atoms with Crippen molar-refractivity contribution in [1.29, 1.82) is 5.26 Å². The van der Waals surface area contributed by atoms with E-state index in [1.54, 1.807) is 6.33 Å². The molecule has 172 valence electrons. The number of fused-ring (bicyclic) bond motifs is 2. The summed E-state index contributed by atoms with van der Waals surface area (Å²) in [5, 5.41) is 11.1. The summed E-state index contributed by atoms with van der Waals surface area (Å²) in [7, 11) is -1.12. The van der Waals surface area contributed by atoms with Crippen LogP contribution in [0.15, 0.2) is 61.1 Å². The third-order valence-electron chi connectivity index (χ3n) is 6.58. The van der Waals surface area contributed by atoms with Gasteiger partial charge in [0, 0.05) is 26.3 Å². The quantitative estimate of drug-likeness (QED) is 0.270. The van der Waals surface area contributed by atoms with Crippen LogP contribution in [0, 0.1) is 11.3 Å². The maximum atomic E-state index is 10.2. The fourth-order valence-corrected chi connectivity index (χ4v) is 5.38. The average molecular weight is 468 g/mol. The van der Waals surface area contributed by atoms with Crippen molar-refractivity contribution in [2.45, 2.75) is 50.7 Å². The van der Waals surface area contributed by atoms with Gasteiger partial charge in [-0.1, -0.05) is 50.0 Å². The van der Waals surface area contributed by atoms with E-state index in [4.69, 9.17) is 9.72 Å². The standard InChI is InChI=1S/C27H29N5OSi/c1-34(2,3)14-13-33-19-32-12-11-22-25(29-18-30-26(22)32)23-9-6-10-24(31-23)27(17-28)15-20-7-4-5-8-21(20)16-27/h4-12,18H,13-16,19H2,1-3H3. The second-order valence-electron chi connectivity index (χ2n) is 10.3. The lowest BCUT2D eigenvalue weighted by atomic mass is 9.82. The van der Waals surface area contributed by atoms with Crippen molar-refractivity contribution >= 4 is 19.1 Å².